The lowest BCUT2D eigenvalue weighted by Gasteiger charge is -2.28. The number of phenols is 1. The molecule has 0 spiro atoms. The van der Waals surface area contributed by atoms with E-state index in [0.717, 1.165) is 55.0 Å². The maximum atomic E-state index is 10.1. The number of hydrogen-bond donors (Lipinski definition) is 3. The van der Waals surface area contributed by atoms with Crippen LogP contribution in [0.5, 0.6) is 5.75 Å². The summed E-state index contributed by atoms with van der Waals surface area (Å²) in [6.07, 6.45) is 3.96. The fourth-order valence-electron chi connectivity index (χ4n) is 3.91. The van der Waals surface area contributed by atoms with Gasteiger partial charge in [-0.25, -0.2) is 9.97 Å². The third-order valence-electron chi connectivity index (χ3n) is 5.62. The van der Waals surface area contributed by atoms with Crippen LogP contribution in [-0.4, -0.2) is 57.8 Å². The third-order valence-corrected chi connectivity index (χ3v) is 5.62. The standard InChI is InChI=1S/C23H31N5O3/c1-23(2,30)9-8-20-24-21(15-22(25-20)28-10-12-31-13-11-28)27-26-19-5-3-4-16-14-17(29)6-7-18(16)19/h6-7,14-15,29-30H,3-5,8-13H2,1-2H3,(H,24,25,27)/b26-19-. The van der Waals surface area contributed by atoms with E-state index in [4.69, 9.17) is 9.72 Å². The van der Waals surface area contributed by atoms with Crippen molar-refractivity contribution in [1.82, 2.24) is 9.97 Å². The summed E-state index contributed by atoms with van der Waals surface area (Å²) < 4.78 is 5.47. The fraction of sp³-hybridized carbons (Fsp3) is 0.522. The summed E-state index contributed by atoms with van der Waals surface area (Å²) in [4.78, 5) is 11.6. The molecule has 8 nitrogen and oxygen atoms in total. The van der Waals surface area contributed by atoms with Gasteiger partial charge in [-0.05, 0) is 63.3 Å². The Kier molecular flexibility index (Phi) is 6.38. The lowest BCUT2D eigenvalue weighted by atomic mass is 9.90. The maximum Gasteiger partial charge on any atom is 0.152 e. The average Bonchev–Trinajstić information content (AvgIpc) is 2.76. The number of aromatic nitrogens is 2. The van der Waals surface area contributed by atoms with Crippen LogP contribution in [0.4, 0.5) is 11.6 Å². The summed E-state index contributed by atoms with van der Waals surface area (Å²) in [7, 11) is 0. The summed E-state index contributed by atoms with van der Waals surface area (Å²) in [6.45, 7) is 6.51. The first-order chi connectivity index (χ1) is 14.9. The van der Waals surface area contributed by atoms with Gasteiger partial charge in [0.05, 0.1) is 24.5 Å². The van der Waals surface area contributed by atoms with Gasteiger partial charge in [0.1, 0.15) is 17.4 Å². The van der Waals surface area contributed by atoms with E-state index in [-0.39, 0.29) is 5.75 Å². The fourth-order valence-corrected chi connectivity index (χ4v) is 3.91. The number of nitrogens with one attached hydrogen (secondary N) is 1. The van der Waals surface area contributed by atoms with Gasteiger partial charge in [0.2, 0.25) is 0 Å². The minimum atomic E-state index is -0.774. The molecule has 0 saturated carbocycles. The van der Waals surface area contributed by atoms with Crippen molar-refractivity contribution >= 4 is 17.3 Å². The Morgan fingerprint density at radius 3 is 2.74 bits per heavy atom. The van der Waals surface area contributed by atoms with Crippen molar-refractivity contribution in [3.8, 4) is 5.75 Å². The number of nitrogens with zero attached hydrogens (tertiary/aromatic N) is 4. The van der Waals surface area contributed by atoms with E-state index in [1.807, 2.05) is 18.2 Å². The number of rotatable bonds is 6. The number of hydrogen-bond acceptors (Lipinski definition) is 8. The molecule has 1 aliphatic heterocycles. The number of anilines is 2. The van der Waals surface area contributed by atoms with Gasteiger partial charge >= 0.3 is 0 Å². The molecule has 0 radical (unpaired) electrons. The number of ether oxygens (including phenoxy) is 1. The smallest absolute Gasteiger partial charge is 0.152 e. The largest absolute Gasteiger partial charge is 0.508 e. The SMILES string of the molecule is CC(C)(O)CCc1nc(N/N=C2/CCCc3cc(O)ccc32)cc(N2CCOCC2)n1. The average molecular weight is 426 g/mol. The van der Waals surface area contributed by atoms with E-state index >= 15 is 0 Å². The summed E-state index contributed by atoms with van der Waals surface area (Å²) in [6, 6.07) is 7.37. The molecule has 1 fully saturated rings. The molecule has 0 unspecified atom stereocenters. The lowest BCUT2D eigenvalue weighted by molar-refractivity contribution is 0.0708. The highest BCUT2D eigenvalue weighted by Crippen LogP contribution is 2.26. The molecule has 2 aromatic rings. The molecule has 4 rings (SSSR count). The molecule has 3 N–H and O–H groups in total. The second kappa shape index (κ2) is 9.20. The van der Waals surface area contributed by atoms with Gasteiger partial charge in [0.25, 0.3) is 0 Å². The second-order valence-electron chi connectivity index (χ2n) is 8.80. The van der Waals surface area contributed by atoms with Gasteiger partial charge in [-0.15, -0.1) is 0 Å². The molecule has 1 aromatic carbocycles. The van der Waals surface area contributed by atoms with Gasteiger partial charge in [-0.2, -0.15) is 5.10 Å². The van der Waals surface area contributed by atoms with Gasteiger partial charge in [-0.1, -0.05) is 0 Å². The summed E-state index contributed by atoms with van der Waals surface area (Å²) in [5.41, 5.74) is 5.52. The molecule has 0 bridgehead atoms. The van der Waals surface area contributed by atoms with Gasteiger partial charge in [-0.3, -0.25) is 5.43 Å². The van der Waals surface area contributed by atoms with Crippen molar-refractivity contribution in [2.75, 3.05) is 36.6 Å². The number of fused-ring (bicyclic) bond motifs is 1. The predicted molar refractivity (Wildman–Crippen MR) is 121 cm³/mol. The Morgan fingerprint density at radius 2 is 1.97 bits per heavy atom. The van der Waals surface area contributed by atoms with Gasteiger partial charge in [0.15, 0.2) is 5.82 Å². The van der Waals surface area contributed by atoms with Crippen LogP contribution in [0.15, 0.2) is 29.4 Å². The molecular formula is C23H31N5O3. The number of hydrazone groups is 1. The molecule has 1 aliphatic carbocycles. The molecule has 166 valence electrons. The number of morpholine rings is 1. The molecule has 1 aromatic heterocycles. The number of benzene rings is 1. The zero-order chi connectivity index (χ0) is 21.8. The highest BCUT2D eigenvalue weighted by Gasteiger charge is 2.19. The van der Waals surface area contributed by atoms with E-state index in [1.165, 1.54) is 0 Å². The Balaban J connectivity index is 1.59. The summed E-state index contributed by atoms with van der Waals surface area (Å²) >= 11 is 0. The van der Waals surface area contributed by atoms with Crippen LogP contribution in [0.3, 0.4) is 0 Å². The highest BCUT2D eigenvalue weighted by molar-refractivity contribution is 6.03. The van der Waals surface area contributed by atoms with Crippen LogP contribution in [0.25, 0.3) is 0 Å². The molecule has 2 aliphatic rings. The Morgan fingerprint density at radius 1 is 1.16 bits per heavy atom. The molecule has 1 saturated heterocycles. The second-order valence-corrected chi connectivity index (χ2v) is 8.80. The first kappa shape index (κ1) is 21.5. The Bertz CT molecular complexity index is 949. The minimum Gasteiger partial charge on any atom is -0.508 e. The molecule has 8 heteroatoms. The topological polar surface area (TPSA) is 103 Å². The maximum absolute atomic E-state index is 10.1. The van der Waals surface area contributed by atoms with Crippen molar-refractivity contribution in [1.29, 1.82) is 0 Å². The molecular weight excluding hydrogens is 394 g/mol. The van der Waals surface area contributed by atoms with Crippen molar-refractivity contribution in [3.05, 3.63) is 41.2 Å². The predicted octanol–water partition coefficient (Wildman–Crippen LogP) is 2.87. The zero-order valence-electron chi connectivity index (χ0n) is 18.3. The summed E-state index contributed by atoms with van der Waals surface area (Å²) in [5, 5.41) is 24.5. The monoisotopic (exact) mass is 425 g/mol. The van der Waals surface area contributed by atoms with Gasteiger partial charge < -0.3 is 19.8 Å². The first-order valence-electron chi connectivity index (χ1n) is 11.0. The van der Waals surface area contributed by atoms with Crippen LogP contribution in [0.2, 0.25) is 0 Å². The molecule has 0 atom stereocenters. The van der Waals surface area contributed by atoms with Crippen molar-refractivity contribution < 1.29 is 14.9 Å². The Labute approximate surface area is 183 Å². The van der Waals surface area contributed by atoms with Crippen LogP contribution in [0, 0.1) is 0 Å². The first-order valence-corrected chi connectivity index (χ1v) is 11.0. The van der Waals surface area contributed by atoms with E-state index in [0.29, 0.717) is 37.7 Å². The van der Waals surface area contributed by atoms with Crippen LogP contribution in [0.1, 0.15) is 50.1 Å². The lowest BCUT2D eigenvalue weighted by Crippen LogP contribution is -2.37. The van der Waals surface area contributed by atoms with E-state index in [9.17, 15) is 10.2 Å². The van der Waals surface area contributed by atoms with Crippen molar-refractivity contribution in [2.45, 2.75) is 51.6 Å². The summed E-state index contributed by atoms with van der Waals surface area (Å²) in [5.74, 6) is 2.46. The van der Waals surface area contributed by atoms with Gasteiger partial charge in [0, 0.05) is 31.1 Å². The third kappa shape index (κ3) is 5.71. The number of aliphatic hydroxyl groups is 1. The number of aryl methyl sites for hydroxylation is 2. The van der Waals surface area contributed by atoms with E-state index in [1.54, 1.807) is 19.9 Å². The van der Waals surface area contributed by atoms with Crippen LogP contribution in [-0.2, 0) is 17.6 Å². The number of phenolic OH excluding ortho intramolecular Hbond substituents is 1. The molecule has 0 amide bonds. The molecule has 2 heterocycles. The quantitative estimate of drug-likeness (QED) is 0.612. The van der Waals surface area contributed by atoms with Crippen molar-refractivity contribution in [3.63, 3.8) is 0 Å². The van der Waals surface area contributed by atoms with E-state index in [2.05, 4.69) is 20.4 Å². The van der Waals surface area contributed by atoms with Crippen molar-refractivity contribution in [2.24, 2.45) is 5.10 Å². The molecule has 31 heavy (non-hydrogen) atoms. The normalized spacial score (nSPS) is 18.2. The van der Waals surface area contributed by atoms with E-state index < -0.39 is 5.60 Å². The Hall–Kier alpha value is -2.71. The number of aromatic hydroxyl groups is 1. The highest BCUT2D eigenvalue weighted by atomic mass is 16.5. The van der Waals surface area contributed by atoms with Crippen LogP contribution < -0.4 is 10.3 Å². The zero-order valence-corrected chi connectivity index (χ0v) is 18.3. The minimum absolute atomic E-state index is 0.287. The van der Waals surface area contributed by atoms with Crippen LogP contribution >= 0.6 is 0 Å².